The number of nitrogens with one attached hydrogen (secondary N) is 1. The van der Waals surface area contributed by atoms with Crippen LogP contribution in [0.5, 0.6) is 5.75 Å². The highest BCUT2D eigenvalue weighted by Crippen LogP contribution is 2.30. The van der Waals surface area contributed by atoms with E-state index >= 15 is 0 Å². The van der Waals surface area contributed by atoms with E-state index in [1.165, 1.54) is 16.7 Å². The highest BCUT2D eigenvalue weighted by atomic mass is 35.5. The van der Waals surface area contributed by atoms with Gasteiger partial charge >= 0.3 is 0 Å². The van der Waals surface area contributed by atoms with Crippen LogP contribution < -0.4 is 10.1 Å². The minimum atomic E-state index is 0.303. The molecule has 1 aliphatic rings. The number of ether oxygens (including phenoxy) is 1. The minimum absolute atomic E-state index is 0.303. The molecule has 0 aliphatic carbocycles. The van der Waals surface area contributed by atoms with Crippen molar-refractivity contribution >= 4 is 23.2 Å². The molecular weight excluding hydrogens is 305 g/mol. The monoisotopic (exact) mass is 321 g/mol. The zero-order valence-corrected chi connectivity index (χ0v) is 13.3. The average Bonchev–Trinajstić information content (AvgIpc) is 2.50. The summed E-state index contributed by atoms with van der Waals surface area (Å²) in [7, 11) is 1.70. The summed E-state index contributed by atoms with van der Waals surface area (Å²) in [5.74, 6) is 0.920. The van der Waals surface area contributed by atoms with Gasteiger partial charge in [0.25, 0.3) is 0 Å². The largest absolute Gasteiger partial charge is 0.497 e. The molecule has 0 bridgehead atoms. The normalized spacial score (nSPS) is 17.4. The zero-order chi connectivity index (χ0) is 14.8. The Morgan fingerprint density at radius 3 is 2.76 bits per heavy atom. The predicted octanol–water partition coefficient (Wildman–Crippen LogP) is 4.43. The number of rotatable bonds is 3. The molecule has 2 nitrogen and oxygen atoms in total. The zero-order valence-electron chi connectivity index (χ0n) is 11.8. The Kier molecular flexibility index (Phi) is 4.39. The number of benzene rings is 2. The minimum Gasteiger partial charge on any atom is -0.497 e. The van der Waals surface area contributed by atoms with Crippen molar-refractivity contribution in [3.8, 4) is 5.75 Å². The van der Waals surface area contributed by atoms with E-state index in [1.807, 2.05) is 24.3 Å². The Morgan fingerprint density at radius 1 is 1.14 bits per heavy atom. The van der Waals surface area contributed by atoms with E-state index in [0.29, 0.717) is 16.1 Å². The number of hydrogen-bond acceptors (Lipinski definition) is 2. The maximum absolute atomic E-state index is 6.10. The SMILES string of the molecule is COc1ccc2c(c1)CCNC2Cc1ccc(Cl)c(Cl)c1. The third kappa shape index (κ3) is 3.18. The highest BCUT2D eigenvalue weighted by molar-refractivity contribution is 6.42. The molecule has 1 atom stereocenters. The molecule has 3 rings (SSSR count). The van der Waals surface area contributed by atoms with E-state index in [0.717, 1.165) is 25.1 Å². The second-order valence-corrected chi connectivity index (χ2v) is 6.09. The van der Waals surface area contributed by atoms with Crippen molar-refractivity contribution in [2.75, 3.05) is 13.7 Å². The molecular formula is C17H17Cl2NO. The van der Waals surface area contributed by atoms with E-state index in [4.69, 9.17) is 27.9 Å². The first-order valence-electron chi connectivity index (χ1n) is 7.01. The van der Waals surface area contributed by atoms with Crippen LogP contribution in [0.1, 0.15) is 22.7 Å². The summed E-state index contributed by atoms with van der Waals surface area (Å²) < 4.78 is 5.31. The van der Waals surface area contributed by atoms with Crippen LogP contribution in [-0.2, 0) is 12.8 Å². The van der Waals surface area contributed by atoms with Crippen molar-refractivity contribution in [1.82, 2.24) is 5.32 Å². The topological polar surface area (TPSA) is 21.3 Å². The lowest BCUT2D eigenvalue weighted by molar-refractivity contribution is 0.412. The lowest BCUT2D eigenvalue weighted by atomic mass is 9.90. The second kappa shape index (κ2) is 6.27. The fourth-order valence-corrected chi connectivity index (χ4v) is 3.16. The van der Waals surface area contributed by atoms with Crippen LogP contribution in [0.3, 0.4) is 0 Å². The number of halogens is 2. The Morgan fingerprint density at radius 2 is 2.00 bits per heavy atom. The summed E-state index contributed by atoms with van der Waals surface area (Å²) in [6, 6.07) is 12.5. The van der Waals surface area contributed by atoms with Gasteiger partial charge in [-0.05, 0) is 60.3 Å². The quantitative estimate of drug-likeness (QED) is 0.902. The Hall–Kier alpha value is -1.22. The van der Waals surface area contributed by atoms with E-state index in [2.05, 4.69) is 17.4 Å². The molecule has 0 aromatic heterocycles. The molecule has 1 aliphatic heterocycles. The molecule has 110 valence electrons. The van der Waals surface area contributed by atoms with Crippen molar-refractivity contribution in [3.05, 3.63) is 63.1 Å². The second-order valence-electron chi connectivity index (χ2n) is 5.27. The van der Waals surface area contributed by atoms with Gasteiger partial charge in [-0.25, -0.2) is 0 Å². The van der Waals surface area contributed by atoms with E-state index in [1.54, 1.807) is 7.11 Å². The van der Waals surface area contributed by atoms with Crippen molar-refractivity contribution in [3.63, 3.8) is 0 Å². The van der Waals surface area contributed by atoms with E-state index < -0.39 is 0 Å². The van der Waals surface area contributed by atoms with Gasteiger partial charge in [0.05, 0.1) is 17.2 Å². The molecule has 0 amide bonds. The smallest absolute Gasteiger partial charge is 0.119 e. The van der Waals surface area contributed by atoms with Crippen LogP contribution in [0.15, 0.2) is 36.4 Å². The standard InChI is InChI=1S/C17H17Cl2NO/c1-21-13-3-4-14-12(10-13)6-7-20-17(14)9-11-2-5-15(18)16(19)8-11/h2-5,8,10,17,20H,6-7,9H2,1H3. The summed E-state index contributed by atoms with van der Waals surface area (Å²) in [5.41, 5.74) is 3.89. The fraction of sp³-hybridized carbons (Fsp3) is 0.294. The van der Waals surface area contributed by atoms with Gasteiger partial charge < -0.3 is 10.1 Å². The first-order chi connectivity index (χ1) is 10.2. The molecule has 4 heteroatoms. The molecule has 21 heavy (non-hydrogen) atoms. The van der Waals surface area contributed by atoms with Crippen LogP contribution in [0.4, 0.5) is 0 Å². The lowest BCUT2D eigenvalue weighted by Crippen LogP contribution is -2.31. The van der Waals surface area contributed by atoms with Crippen LogP contribution in [0, 0.1) is 0 Å². The summed E-state index contributed by atoms with van der Waals surface area (Å²) in [5, 5.41) is 4.79. The molecule has 1 heterocycles. The van der Waals surface area contributed by atoms with Gasteiger partial charge in [-0.15, -0.1) is 0 Å². The van der Waals surface area contributed by atoms with Gasteiger partial charge in [0.15, 0.2) is 0 Å². The third-order valence-corrected chi connectivity index (χ3v) is 4.67. The number of fused-ring (bicyclic) bond motifs is 1. The summed E-state index contributed by atoms with van der Waals surface area (Å²) in [6.07, 6.45) is 1.93. The molecule has 2 aromatic rings. The van der Waals surface area contributed by atoms with Crippen molar-refractivity contribution < 1.29 is 4.74 Å². The first kappa shape index (κ1) is 14.7. The number of hydrogen-bond donors (Lipinski definition) is 1. The highest BCUT2D eigenvalue weighted by Gasteiger charge is 2.20. The van der Waals surface area contributed by atoms with E-state index in [-0.39, 0.29) is 0 Å². The summed E-state index contributed by atoms with van der Waals surface area (Å²) >= 11 is 12.1. The Bertz CT molecular complexity index is 657. The molecule has 2 aromatic carbocycles. The first-order valence-corrected chi connectivity index (χ1v) is 7.77. The van der Waals surface area contributed by atoms with Crippen LogP contribution >= 0.6 is 23.2 Å². The molecule has 0 saturated carbocycles. The van der Waals surface area contributed by atoms with Gasteiger partial charge in [-0.3, -0.25) is 0 Å². The molecule has 0 spiro atoms. The van der Waals surface area contributed by atoms with E-state index in [9.17, 15) is 0 Å². The van der Waals surface area contributed by atoms with Gasteiger partial charge in [0, 0.05) is 6.04 Å². The van der Waals surface area contributed by atoms with Crippen LogP contribution in [-0.4, -0.2) is 13.7 Å². The van der Waals surface area contributed by atoms with Crippen LogP contribution in [0.25, 0.3) is 0 Å². The molecule has 0 saturated heterocycles. The third-order valence-electron chi connectivity index (χ3n) is 3.93. The number of methoxy groups -OCH3 is 1. The average molecular weight is 322 g/mol. The lowest BCUT2D eigenvalue weighted by Gasteiger charge is -2.27. The van der Waals surface area contributed by atoms with Crippen molar-refractivity contribution in [2.45, 2.75) is 18.9 Å². The molecule has 1 N–H and O–H groups in total. The predicted molar refractivity (Wildman–Crippen MR) is 87.6 cm³/mol. The maximum atomic E-state index is 6.10. The molecule has 0 radical (unpaired) electrons. The van der Waals surface area contributed by atoms with Crippen molar-refractivity contribution in [2.24, 2.45) is 0 Å². The molecule has 1 unspecified atom stereocenters. The van der Waals surface area contributed by atoms with Gasteiger partial charge in [-0.1, -0.05) is 35.3 Å². The van der Waals surface area contributed by atoms with Gasteiger partial charge in [0.2, 0.25) is 0 Å². The Labute approximate surface area is 135 Å². The van der Waals surface area contributed by atoms with Crippen LogP contribution in [0.2, 0.25) is 10.0 Å². The summed E-state index contributed by atoms with van der Waals surface area (Å²) in [4.78, 5) is 0. The summed E-state index contributed by atoms with van der Waals surface area (Å²) in [6.45, 7) is 0.978. The maximum Gasteiger partial charge on any atom is 0.119 e. The van der Waals surface area contributed by atoms with Crippen molar-refractivity contribution in [1.29, 1.82) is 0 Å². The Balaban J connectivity index is 1.86. The van der Waals surface area contributed by atoms with Gasteiger partial charge in [0.1, 0.15) is 5.75 Å². The fourth-order valence-electron chi connectivity index (χ4n) is 2.84. The van der Waals surface area contributed by atoms with Gasteiger partial charge in [-0.2, -0.15) is 0 Å². The molecule has 0 fully saturated rings.